The van der Waals surface area contributed by atoms with Crippen molar-refractivity contribution in [3.05, 3.63) is 108 Å². The lowest BCUT2D eigenvalue weighted by Crippen LogP contribution is -2.51. The maximum Gasteiger partial charge on any atom is 0.407 e. The topological polar surface area (TPSA) is 175 Å². The molecule has 4 heterocycles. The molecule has 3 aromatic carbocycles. The molecule has 2 aliphatic heterocycles. The Labute approximate surface area is 339 Å². The number of H-pyrrole nitrogens is 2. The van der Waals surface area contributed by atoms with Gasteiger partial charge in [-0.3, -0.25) is 9.59 Å². The zero-order valence-electron chi connectivity index (χ0n) is 33.1. The van der Waals surface area contributed by atoms with Gasteiger partial charge in [-0.15, -0.1) is 0 Å². The lowest BCUT2D eigenvalue weighted by Gasteiger charge is -2.30. The van der Waals surface area contributed by atoms with E-state index in [4.69, 9.17) is 9.47 Å². The summed E-state index contributed by atoms with van der Waals surface area (Å²) >= 11 is 0. The smallest absolute Gasteiger partial charge is 0.407 e. The number of ether oxygens (including phenoxy) is 2. The summed E-state index contributed by atoms with van der Waals surface area (Å²) in [6, 6.07) is 15.6. The van der Waals surface area contributed by atoms with Gasteiger partial charge in [-0.05, 0) is 72.6 Å². The fourth-order valence-electron chi connectivity index (χ4n) is 7.90. The van der Waals surface area contributed by atoms with Gasteiger partial charge >= 0.3 is 12.2 Å². The second kappa shape index (κ2) is 17.5. The Kier molecular flexibility index (Phi) is 12.0. The third-order valence-corrected chi connectivity index (χ3v) is 11.0. The van der Waals surface area contributed by atoms with Crippen molar-refractivity contribution in [1.82, 2.24) is 40.4 Å². The number of carbonyl (C=O) groups is 4. The van der Waals surface area contributed by atoms with Crippen molar-refractivity contribution < 1.29 is 37.4 Å². The molecule has 4 amide bonds. The predicted molar refractivity (Wildman–Crippen MR) is 213 cm³/mol. The van der Waals surface area contributed by atoms with Crippen LogP contribution in [-0.4, -0.2) is 87.1 Å². The number of alkyl carbamates (subject to hydrolysis) is 2. The highest BCUT2D eigenvalue weighted by atomic mass is 19.1. The van der Waals surface area contributed by atoms with E-state index < -0.39 is 41.9 Å². The SMILES string of the molecule is COC(=O)N[C@H](C(=O)N1CCC[C@H]1c1ncc(-c2ccc(-c3ccc(-c4cnc([C@@H]5CCCN5C(=O)[C@H](NC(=O)OC)c5ccccc5)[nH]4)c(F)c3)cc2F)[nH]1)C(C)C. The van der Waals surface area contributed by atoms with Gasteiger partial charge in [0.05, 0.1) is 50.1 Å². The van der Waals surface area contributed by atoms with Gasteiger partial charge in [-0.1, -0.05) is 56.3 Å². The minimum atomic E-state index is -0.971. The molecular weight excluding hydrogens is 763 g/mol. The van der Waals surface area contributed by atoms with E-state index in [1.807, 2.05) is 19.9 Å². The zero-order valence-corrected chi connectivity index (χ0v) is 33.1. The number of benzene rings is 3. The van der Waals surface area contributed by atoms with Crippen LogP contribution in [0.2, 0.25) is 0 Å². The number of amides is 4. The van der Waals surface area contributed by atoms with Gasteiger partial charge < -0.3 is 39.9 Å². The molecule has 0 saturated carbocycles. The fourth-order valence-corrected chi connectivity index (χ4v) is 7.90. The number of aromatic amines is 2. The first-order valence-corrected chi connectivity index (χ1v) is 19.5. The summed E-state index contributed by atoms with van der Waals surface area (Å²) in [5, 5.41) is 5.28. The summed E-state index contributed by atoms with van der Waals surface area (Å²) in [5.74, 6) is -0.852. The molecule has 0 bridgehead atoms. The van der Waals surface area contributed by atoms with Gasteiger partial charge in [0.2, 0.25) is 5.91 Å². The Bertz CT molecular complexity index is 2330. The maximum absolute atomic E-state index is 15.8. The van der Waals surface area contributed by atoms with E-state index in [2.05, 4.69) is 30.6 Å². The highest BCUT2D eigenvalue weighted by molar-refractivity contribution is 5.88. The summed E-state index contributed by atoms with van der Waals surface area (Å²) < 4.78 is 41.0. The van der Waals surface area contributed by atoms with Crippen LogP contribution in [0, 0.1) is 17.6 Å². The Morgan fingerprint density at radius 3 is 1.68 bits per heavy atom. The standard InChI is InChI=1S/C43H46F2N8O6/c1-24(2)36(50-42(56)58-3)40(54)52-18-8-12-34(52)38-46-22-32(48-38)28-16-14-26(20-30(28)44)27-15-17-29(31(45)21-27)33-23-47-39(49-33)35-13-9-19-53(35)41(55)37(51-43(57)59-4)25-10-6-5-7-11-25/h5-7,10-11,14-17,20-24,34-37H,8-9,12-13,18-19H2,1-4H3,(H,46,48)(H,47,49)(H,50,56)(H,51,57)/t34-,35-,36-,37+/m0/s1. The first kappa shape index (κ1) is 40.6. The van der Waals surface area contributed by atoms with E-state index in [0.717, 1.165) is 6.42 Å². The van der Waals surface area contributed by atoms with Gasteiger partial charge in [-0.25, -0.2) is 28.3 Å². The second-order valence-corrected chi connectivity index (χ2v) is 15.0. The van der Waals surface area contributed by atoms with Crippen LogP contribution in [0.3, 0.4) is 0 Å². The first-order valence-electron chi connectivity index (χ1n) is 19.5. The van der Waals surface area contributed by atoms with Gasteiger partial charge in [-0.2, -0.15) is 0 Å². The first-order chi connectivity index (χ1) is 28.5. The Hall–Kier alpha value is -6.58. The summed E-state index contributed by atoms with van der Waals surface area (Å²) in [6.45, 7) is 4.61. The second-order valence-electron chi connectivity index (χ2n) is 15.0. The van der Waals surface area contributed by atoms with E-state index in [-0.39, 0.29) is 34.9 Å². The molecule has 0 unspecified atom stereocenters. The van der Waals surface area contributed by atoms with Crippen LogP contribution in [0.15, 0.2) is 79.1 Å². The molecule has 2 aromatic heterocycles. The number of likely N-dealkylation sites (tertiary alicyclic amines) is 2. The quantitative estimate of drug-likeness (QED) is 0.108. The minimum absolute atomic E-state index is 0.184. The van der Waals surface area contributed by atoms with Crippen LogP contribution in [0.1, 0.15) is 74.9 Å². The average Bonchev–Trinajstić information content (AvgIpc) is 4.09. The highest BCUT2D eigenvalue weighted by Gasteiger charge is 2.39. The van der Waals surface area contributed by atoms with Gasteiger partial charge in [0.25, 0.3) is 5.91 Å². The van der Waals surface area contributed by atoms with E-state index in [0.29, 0.717) is 72.1 Å². The zero-order chi connectivity index (χ0) is 41.8. The molecule has 0 spiro atoms. The van der Waals surface area contributed by atoms with Gasteiger partial charge in [0.15, 0.2) is 0 Å². The molecule has 5 aromatic rings. The fraction of sp³-hybridized carbons (Fsp3) is 0.349. The van der Waals surface area contributed by atoms with E-state index in [1.54, 1.807) is 58.3 Å². The lowest BCUT2D eigenvalue weighted by atomic mass is 10.00. The van der Waals surface area contributed by atoms with Crippen LogP contribution in [0.5, 0.6) is 0 Å². The number of aromatic nitrogens is 4. The van der Waals surface area contributed by atoms with Crippen LogP contribution >= 0.6 is 0 Å². The van der Waals surface area contributed by atoms with Crippen LogP contribution < -0.4 is 10.6 Å². The van der Waals surface area contributed by atoms with Crippen molar-refractivity contribution >= 4 is 24.0 Å². The Balaban J connectivity index is 1.05. The summed E-state index contributed by atoms with van der Waals surface area (Å²) in [4.78, 5) is 70.3. The number of methoxy groups -OCH3 is 2. The van der Waals surface area contributed by atoms with E-state index >= 15 is 8.78 Å². The third-order valence-electron chi connectivity index (χ3n) is 11.0. The number of carbonyl (C=O) groups excluding carboxylic acids is 4. The van der Waals surface area contributed by atoms with E-state index in [1.165, 1.54) is 38.7 Å². The van der Waals surface area contributed by atoms with E-state index in [9.17, 15) is 19.2 Å². The molecule has 308 valence electrons. The van der Waals surface area contributed by atoms with Crippen molar-refractivity contribution in [3.8, 4) is 33.6 Å². The molecular formula is C43H46F2N8O6. The van der Waals surface area contributed by atoms with Crippen molar-refractivity contribution in [2.45, 2.75) is 63.7 Å². The predicted octanol–water partition coefficient (Wildman–Crippen LogP) is 7.22. The number of hydrogen-bond donors (Lipinski definition) is 4. The Morgan fingerprint density at radius 1 is 0.712 bits per heavy atom. The number of nitrogens with zero attached hydrogens (tertiary/aromatic N) is 4. The number of imidazole rings is 2. The molecule has 0 radical (unpaired) electrons. The van der Waals surface area contributed by atoms with Crippen molar-refractivity contribution in [2.24, 2.45) is 5.92 Å². The number of hydrogen-bond acceptors (Lipinski definition) is 8. The van der Waals surface area contributed by atoms with Crippen molar-refractivity contribution in [1.29, 1.82) is 0 Å². The van der Waals surface area contributed by atoms with Gasteiger partial charge in [0.1, 0.15) is 35.4 Å². The normalized spacial score (nSPS) is 17.5. The molecule has 4 N–H and O–H groups in total. The van der Waals surface area contributed by atoms with Crippen LogP contribution in [0.4, 0.5) is 18.4 Å². The molecule has 2 saturated heterocycles. The molecule has 7 rings (SSSR count). The molecule has 16 heteroatoms. The van der Waals surface area contributed by atoms with Crippen LogP contribution in [-0.2, 0) is 19.1 Å². The monoisotopic (exact) mass is 808 g/mol. The van der Waals surface area contributed by atoms with Crippen molar-refractivity contribution in [2.75, 3.05) is 27.3 Å². The minimum Gasteiger partial charge on any atom is -0.453 e. The van der Waals surface area contributed by atoms with Gasteiger partial charge in [0, 0.05) is 24.2 Å². The molecule has 2 fully saturated rings. The molecule has 0 aliphatic carbocycles. The number of nitrogens with one attached hydrogen (secondary N) is 4. The highest BCUT2D eigenvalue weighted by Crippen LogP contribution is 2.37. The summed E-state index contributed by atoms with van der Waals surface area (Å²) in [7, 11) is 2.48. The number of halogens is 2. The molecule has 59 heavy (non-hydrogen) atoms. The average molecular weight is 809 g/mol. The summed E-state index contributed by atoms with van der Waals surface area (Å²) in [5.41, 5.74) is 2.86. The third kappa shape index (κ3) is 8.52. The lowest BCUT2D eigenvalue weighted by molar-refractivity contribution is -0.135. The maximum atomic E-state index is 15.8. The summed E-state index contributed by atoms with van der Waals surface area (Å²) in [6.07, 6.45) is 4.34. The van der Waals surface area contributed by atoms with Crippen LogP contribution in [0.25, 0.3) is 33.6 Å². The molecule has 4 atom stereocenters. The number of rotatable bonds is 11. The Morgan fingerprint density at radius 2 is 1.20 bits per heavy atom. The molecule has 2 aliphatic rings. The molecule has 14 nitrogen and oxygen atoms in total. The van der Waals surface area contributed by atoms with Crippen molar-refractivity contribution in [3.63, 3.8) is 0 Å². The largest absolute Gasteiger partial charge is 0.453 e.